The lowest BCUT2D eigenvalue weighted by atomic mass is 10.2. The molecular weight excluding hydrogens is 290 g/mol. The van der Waals surface area contributed by atoms with E-state index >= 15 is 0 Å². The minimum atomic E-state index is -0.704. The summed E-state index contributed by atoms with van der Waals surface area (Å²) in [4.78, 5) is 15.5. The van der Waals surface area contributed by atoms with Gasteiger partial charge in [-0.1, -0.05) is 6.08 Å². The van der Waals surface area contributed by atoms with Gasteiger partial charge in [0.15, 0.2) is 0 Å². The first-order valence-electron chi connectivity index (χ1n) is 6.42. The fourth-order valence-electron chi connectivity index (χ4n) is 1.73. The van der Waals surface area contributed by atoms with E-state index in [-0.39, 0.29) is 19.0 Å². The molecule has 1 aliphatic rings. The summed E-state index contributed by atoms with van der Waals surface area (Å²) in [6.07, 6.45) is 2.76. The molecule has 0 aliphatic carbocycles. The van der Waals surface area contributed by atoms with Crippen molar-refractivity contribution in [3.8, 4) is 5.75 Å². The molecule has 116 valence electrons. The highest BCUT2D eigenvalue weighted by Crippen LogP contribution is 2.03. The van der Waals surface area contributed by atoms with Crippen molar-refractivity contribution >= 4 is 17.8 Å². The molecule has 1 aromatic carbocycles. The number of fused-ring (bicyclic) bond motifs is 1. The topological polar surface area (TPSA) is 91.5 Å². The molecule has 0 amide bonds. The predicted octanol–water partition coefficient (Wildman–Crippen LogP) is -1.11. The van der Waals surface area contributed by atoms with Crippen LogP contribution >= 0.6 is 0 Å². The molecule has 0 atom stereocenters. The van der Waals surface area contributed by atoms with Gasteiger partial charge in [0.2, 0.25) is 5.75 Å². The summed E-state index contributed by atoms with van der Waals surface area (Å²) in [6, 6.07) is 5.43. The van der Waals surface area contributed by atoms with Gasteiger partial charge in [0.25, 0.3) is 0 Å². The smallest absolute Gasteiger partial charge is 0.412 e. The van der Waals surface area contributed by atoms with E-state index in [2.05, 4.69) is 14.5 Å². The number of carbonyl (C=O) groups excluding carboxylic acids is 1. The van der Waals surface area contributed by atoms with Crippen LogP contribution < -0.4 is 20.5 Å². The Morgan fingerprint density at radius 3 is 3.00 bits per heavy atom. The van der Waals surface area contributed by atoms with E-state index < -0.39 is 11.9 Å². The Morgan fingerprint density at radius 1 is 1.45 bits per heavy atom. The van der Waals surface area contributed by atoms with Crippen molar-refractivity contribution in [2.24, 2.45) is 4.99 Å². The first-order chi connectivity index (χ1) is 10.6. The van der Waals surface area contributed by atoms with Crippen LogP contribution in [0, 0.1) is 0 Å². The quantitative estimate of drug-likeness (QED) is 0.298. The van der Waals surface area contributed by atoms with Gasteiger partial charge in [-0.15, -0.1) is 0 Å². The number of hydrogen-bond donors (Lipinski definition) is 0. The monoisotopic (exact) mass is 305 g/mol. The number of nitrogens with zero attached hydrogens (tertiary/aromatic N) is 1. The van der Waals surface area contributed by atoms with Crippen molar-refractivity contribution in [1.82, 2.24) is 0 Å². The van der Waals surface area contributed by atoms with Gasteiger partial charge < -0.3 is 19.3 Å². The molecule has 0 N–H and O–H groups in total. The van der Waals surface area contributed by atoms with E-state index in [0.717, 1.165) is 11.3 Å². The molecule has 1 aromatic rings. The Hall–Kier alpha value is -2.83. The van der Waals surface area contributed by atoms with Gasteiger partial charge in [0.1, 0.15) is 5.71 Å². The second kappa shape index (κ2) is 7.26. The third-order valence-electron chi connectivity index (χ3n) is 2.84. The summed E-state index contributed by atoms with van der Waals surface area (Å²) in [6.45, 7) is 0.398. The number of methoxy groups -OCH3 is 2. The Morgan fingerprint density at radius 2 is 2.27 bits per heavy atom. The van der Waals surface area contributed by atoms with Gasteiger partial charge in [0.05, 0.1) is 19.6 Å². The van der Waals surface area contributed by atoms with Crippen LogP contribution in [0.5, 0.6) is 5.75 Å². The summed E-state index contributed by atoms with van der Waals surface area (Å²) in [5, 5.41) is 12.1. The maximum Gasteiger partial charge on any atom is 0.412 e. The summed E-state index contributed by atoms with van der Waals surface area (Å²) in [7, 11) is 2.43. The highest BCUT2D eigenvalue weighted by atomic mass is 16.6. The maximum absolute atomic E-state index is 11.5. The number of aliphatic imine (C=N–C) groups is 1. The molecule has 1 aliphatic heterocycles. The van der Waals surface area contributed by atoms with E-state index in [0.29, 0.717) is 11.2 Å². The van der Waals surface area contributed by atoms with Crippen molar-refractivity contribution in [2.75, 3.05) is 27.6 Å². The molecule has 0 unspecified atom stereocenters. The number of benzene rings is 1. The average molecular weight is 305 g/mol. The normalized spacial score (nSPS) is 14.9. The van der Waals surface area contributed by atoms with Crippen molar-refractivity contribution in [3.63, 3.8) is 0 Å². The Labute approximate surface area is 126 Å². The van der Waals surface area contributed by atoms with Gasteiger partial charge in [-0.05, 0) is 30.5 Å². The fraction of sp³-hybridized carbons (Fsp3) is 0.267. The van der Waals surface area contributed by atoms with E-state index in [1.54, 1.807) is 18.2 Å². The van der Waals surface area contributed by atoms with Crippen molar-refractivity contribution < 1.29 is 24.1 Å². The van der Waals surface area contributed by atoms with E-state index in [1.165, 1.54) is 14.2 Å². The number of esters is 1. The van der Waals surface area contributed by atoms with Gasteiger partial charge in [-0.25, -0.2) is 9.22 Å². The molecule has 2 rings (SSSR count). The fourth-order valence-corrected chi connectivity index (χ4v) is 1.73. The molecule has 0 saturated carbocycles. The highest BCUT2D eigenvalue weighted by Gasteiger charge is 2.14. The minimum absolute atomic E-state index is 0.105. The van der Waals surface area contributed by atoms with Crippen LogP contribution in [0.4, 0.5) is 0 Å². The second-order valence-corrected chi connectivity index (χ2v) is 4.20. The number of carbonyl (C=O) groups is 1. The Bertz CT molecular complexity index is 735. The van der Waals surface area contributed by atoms with Gasteiger partial charge in [0, 0.05) is 6.07 Å². The summed E-state index contributed by atoms with van der Waals surface area (Å²) in [5.74, 6) is -0.719. The largest absolute Gasteiger partial charge is 0.616 e. The molecule has 22 heavy (non-hydrogen) atoms. The van der Waals surface area contributed by atoms with Crippen LogP contribution in [0.25, 0.3) is 6.08 Å². The summed E-state index contributed by atoms with van der Waals surface area (Å²) >= 11 is 0. The van der Waals surface area contributed by atoms with Crippen molar-refractivity contribution in [3.05, 3.63) is 45.3 Å². The van der Waals surface area contributed by atoms with E-state index in [1.807, 2.05) is 6.07 Å². The summed E-state index contributed by atoms with van der Waals surface area (Å²) < 4.78 is 19.5. The average Bonchev–Trinajstić information content (AvgIpc) is 3.00. The molecule has 0 spiro atoms. The molecule has 1 heterocycles. The molecule has 0 bridgehead atoms. The molecular formula is C15H15NO6. The third kappa shape index (κ3) is 3.85. The van der Waals surface area contributed by atoms with Gasteiger partial charge >= 0.3 is 18.2 Å². The van der Waals surface area contributed by atoms with Gasteiger partial charge in [-0.3, -0.25) is 4.99 Å². The SMILES string of the molecule is COC(=O)C(/C=C(\[O-])OC)=NC/C=c1/ccc2c(c1)OC[O+]=2. The number of ether oxygens (including phenoxy) is 3. The van der Waals surface area contributed by atoms with Crippen LogP contribution in [-0.4, -0.2) is 39.2 Å². The van der Waals surface area contributed by atoms with Crippen molar-refractivity contribution in [1.29, 1.82) is 0 Å². The van der Waals surface area contributed by atoms with Crippen LogP contribution in [0.3, 0.4) is 0 Å². The third-order valence-corrected chi connectivity index (χ3v) is 2.84. The molecule has 0 aromatic heterocycles. The number of hydrogen-bond acceptors (Lipinski definition) is 6. The van der Waals surface area contributed by atoms with E-state index in [4.69, 9.17) is 9.16 Å². The van der Waals surface area contributed by atoms with Crippen molar-refractivity contribution in [2.45, 2.75) is 0 Å². The highest BCUT2D eigenvalue weighted by molar-refractivity contribution is 6.41. The zero-order valence-corrected chi connectivity index (χ0v) is 12.2. The lowest BCUT2D eigenvalue weighted by Crippen LogP contribution is -2.18. The standard InChI is InChI=1S/C15H15NO6/c1-19-14(17)8-11(15(18)20-2)16-6-5-10-3-4-12-13(7-10)22-9-21-12/h3-5,7-8H,6,9H2,1-2H3/b10-5-. The molecule has 0 radical (unpaired) electrons. The zero-order chi connectivity index (χ0) is 15.9. The minimum Gasteiger partial charge on any atom is -0.616 e. The Kier molecular flexibility index (Phi) is 5.13. The zero-order valence-electron chi connectivity index (χ0n) is 12.2. The molecule has 7 heteroatoms. The van der Waals surface area contributed by atoms with Gasteiger partial charge in [-0.2, -0.15) is 0 Å². The predicted molar refractivity (Wildman–Crippen MR) is 77.3 cm³/mol. The first-order valence-corrected chi connectivity index (χ1v) is 6.42. The maximum atomic E-state index is 11.5. The first kappa shape index (κ1) is 15.6. The lowest BCUT2D eigenvalue weighted by molar-refractivity contribution is -0.352. The lowest BCUT2D eigenvalue weighted by Gasteiger charge is -2.08. The summed E-state index contributed by atoms with van der Waals surface area (Å²) in [5.41, 5.74) is 0.585. The number of rotatable bonds is 5. The van der Waals surface area contributed by atoms with Crippen LogP contribution in [0.15, 0.2) is 39.6 Å². The van der Waals surface area contributed by atoms with Crippen LogP contribution in [-0.2, 0) is 14.3 Å². The van der Waals surface area contributed by atoms with E-state index in [9.17, 15) is 9.90 Å². The Balaban J connectivity index is 2.19. The van der Waals surface area contributed by atoms with Crippen LogP contribution in [0.1, 0.15) is 0 Å². The molecule has 7 nitrogen and oxygen atoms in total. The second-order valence-electron chi connectivity index (χ2n) is 4.20. The molecule has 0 fully saturated rings. The molecule has 0 saturated heterocycles. The van der Waals surface area contributed by atoms with Crippen LogP contribution in [0.2, 0.25) is 0 Å².